The number of alkyl halides is 2. The lowest BCUT2D eigenvalue weighted by molar-refractivity contribution is -0.135. The second kappa shape index (κ2) is 13.8. The van der Waals surface area contributed by atoms with Gasteiger partial charge in [0, 0.05) is 37.3 Å². The molecule has 10 nitrogen and oxygen atoms in total. The van der Waals surface area contributed by atoms with E-state index in [1.165, 1.54) is 17.0 Å². The van der Waals surface area contributed by atoms with Crippen LogP contribution in [0, 0.1) is 5.82 Å². The average Bonchev–Trinajstić information content (AvgIpc) is 3.55. The molecule has 1 N–H and O–H groups in total. The molecule has 2 aliphatic rings. The van der Waals surface area contributed by atoms with Crippen molar-refractivity contribution in [1.29, 1.82) is 0 Å². The number of hydrogen-bond donors (Lipinski definition) is 1. The predicted molar refractivity (Wildman–Crippen MR) is 158 cm³/mol. The van der Waals surface area contributed by atoms with Gasteiger partial charge in [-0.15, -0.1) is 10.2 Å². The molecule has 0 saturated carbocycles. The van der Waals surface area contributed by atoms with Crippen molar-refractivity contribution in [2.24, 2.45) is 0 Å². The lowest BCUT2D eigenvalue weighted by atomic mass is 9.88. The topological polar surface area (TPSA) is 106 Å². The smallest absolute Gasteiger partial charge is 0.314 e. The zero-order valence-electron chi connectivity index (χ0n) is 24.8. The van der Waals surface area contributed by atoms with Gasteiger partial charge in [-0.2, -0.15) is 8.78 Å². The van der Waals surface area contributed by atoms with E-state index in [0.717, 1.165) is 56.1 Å². The highest BCUT2D eigenvalue weighted by molar-refractivity contribution is 5.84. The summed E-state index contributed by atoms with van der Waals surface area (Å²) < 4.78 is 45.9. The van der Waals surface area contributed by atoms with Crippen LogP contribution < -0.4 is 9.80 Å². The molecule has 0 radical (unpaired) electrons. The summed E-state index contributed by atoms with van der Waals surface area (Å²) in [5.41, 5.74) is 2.98. The monoisotopic (exact) mass is 614 g/mol. The molecule has 2 aliphatic heterocycles. The summed E-state index contributed by atoms with van der Waals surface area (Å²) in [5, 5.41) is 16.1. The van der Waals surface area contributed by atoms with Crippen LogP contribution in [-0.4, -0.2) is 90.3 Å². The fraction of sp³-hybridized carbons (Fsp3) is 0.484. The van der Waals surface area contributed by atoms with Crippen LogP contribution in [-0.2, 0) is 16.1 Å². The van der Waals surface area contributed by atoms with Crippen molar-refractivity contribution >= 4 is 23.7 Å². The summed E-state index contributed by atoms with van der Waals surface area (Å²) in [6, 6.07) is 10.3. The Labute approximate surface area is 254 Å². The average molecular weight is 615 g/mol. The van der Waals surface area contributed by atoms with E-state index in [1.807, 2.05) is 19.2 Å². The first-order chi connectivity index (χ1) is 21.2. The van der Waals surface area contributed by atoms with E-state index in [0.29, 0.717) is 25.2 Å². The first kappa shape index (κ1) is 31.5. The second-order valence-corrected chi connectivity index (χ2v) is 11.5. The van der Waals surface area contributed by atoms with Gasteiger partial charge in [0.1, 0.15) is 12.4 Å². The molecule has 3 heterocycles. The SMILES string of the molecule is CN1CCC(N(C)c2cc(C3CCN(C(=O)CO)CC3)ccc2N(C=O)Cc2ccc(-c3nnc(C(F)F)o3)cc2F)CC1. The van der Waals surface area contributed by atoms with Crippen molar-refractivity contribution in [3.05, 3.63) is 59.2 Å². The summed E-state index contributed by atoms with van der Waals surface area (Å²) >= 11 is 0. The van der Waals surface area contributed by atoms with Crippen molar-refractivity contribution in [3.8, 4) is 11.5 Å². The van der Waals surface area contributed by atoms with Gasteiger partial charge in [-0.25, -0.2) is 4.39 Å². The number of hydrogen-bond acceptors (Lipinski definition) is 8. The number of likely N-dealkylation sites (tertiary alicyclic amines) is 2. The summed E-state index contributed by atoms with van der Waals surface area (Å²) in [4.78, 5) is 32.1. The fourth-order valence-electron chi connectivity index (χ4n) is 6.07. The van der Waals surface area contributed by atoms with Crippen LogP contribution in [0.1, 0.15) is 55.0 Å². The van der Waals surface area contributed by atoms with Crippen molar-refractivity contribution < 1.29 is 32.3 Å². The van der Waals surface area contributed by atoms with E-state index in [1.54, 1.807) is 4.90 Å². The minimum absolute atomic E-state index is 0.0585. The third-order valence-electron chi connectivity index (χ3n) is 8.77. The fourth-order valence-corrected chi connectivity index (χ4v) is 6.07. The molecule has 1 aromatic heterocycles. The van der Waals surface area contributed by atoms with E-state index in [4.69, 9.17) is 4.42 Å². The Morgan fingerprint density at radius 2 is 1.80 bits per heavy atom. The zero-order valence-corrected chi connectivity index (χ0v) is 24.8. The Balaban J connectivity index is 1.41. The number of aromatic nitrogens is 2. The maximum absolute atomic E-state index is 15.3. The summed E-state index contributed by atoms with van der Waals surface area (Å²) in [7, 11) is 4.12. The standard InChI is InChI=1S/C31H37F3N6O4/c1-37-11-9-24(10-12-37)38(2)27-16-21(20-7-13-39(14-8-20)28(43)18-41)5-6-26(27)40(19-42)17-23-4-3-22(15-25(23)32)30-35-36-31(44-30)29(33)34/h3-6,15-16,19-20,24,29,41H,7-14,17-18H2,1-2H3. The van der Waals surface area contributed by atoms with Gasteiger partial charge in [0.25, 0.3) is 5.89 Å². The molecule has 0 atom stereocenters. The van der Waals surface area contributed by atoms with Gasteiger partial charge in [0.15, 0.2) is 0 Å². The molecule has 44 heavy (non-hydrogen) atoms. The number of piperidine rings is 2. The minimum atomic E-state index is -2.93. The number of nitrogens with zero attached hydrogens (tertiary/aromatic N) is 6. The van der Waals surface area contributed by atoms with Crippen molar-refractivity contribution in [2.75, 3.05) is 56.7 Å². The normalized spacial score (nSPS) is 16.8. The molecule has 2 aromatic carbocycles. The van der Waals surface area contributed by atoms with Gasteiger partial charge in [0.2, 0.25) is 18.2 Å². The first-order valence-electron chi connectivity index (χ1n) is 14.7. The molecule has 0 bridgehead atoms. The van der Waals surface area contributed by atoms with Crippen LogP contribution in [0.25, 0.3) is 11.5 Å². The number of rotatable bonds is 10. The summed E-state index contributed by atoms with van der Waals surface area (Å²) in [6.45, 7) is 2.48. The van der Waals surface area contributed by atoms with Crippen LogP contribution in [0.15, 0.2) is 40.8 Å². The van der Waals surface area contributed by atoms with Crippen LogP contribution in [0.3, 0.4) is 0 Å². The van der Waals surface area contributed by atoms with Crippen molar-refractivity contribution in [3.63, 3.8) is 0 Å². The first-order valence-corrected chi connectivity index (χ1v) is 14.7. The Morgan fingerprint density at radius 1 is 1.07 bits per heavy atom. The molecule has 0 unspecified atom stereocenters. The Kier molecular flexibility index (Phi) is 9.84. The van der Waals surface area contributed by atoms with Crippen LogP contribution in [0.5, 0.6) is 0 Å². The molecular formula is C31H37F3N6O4. The summed E-state index contributed by atoms with van der Waals surface area (Å²) in [6.07, 6.45) is 1.18. The van der Waals surface area contributed by atoms with Gasteiger partial charge in [-0.3, -0.25) is 9.59 Å². The van der Waals surface area contributed by atoms with E-state index in [9.17, 15) is 23.5 Å². The maximum atomic E-state index is 15.3. The maximum Gasteiger partial charge on any atom is 0.314 e. The van der Waals surface area contributed by atoms with E-state index in [-0.39, 0.29) is 41.4 Å². The largest absolute Gasteiger partial charge is 0.415 e. The highest BCUT2D eigenvalue weighted by Gasteiger charge is 2.28. The third-order valence-corrected chi connectivity index (χ3v) is 8.77. The van der Waals surface area contributed by atoms with Gasteiger partial charge >= 0.3 is 6.43 Å². The number of aliphatic hydroxyl groups excluding tert-OH is 1. The van der Waals surface area contributed by atoms with Gasteiger partial charge < -0.3 is 29.1 Å². The van der Waals surface area contributed by atoms with E-state index >= 15 is 4.39 Å². The zero-order chi connectivity index (χ0) is 31.4. The van der Waals surface area contributed by atoms with Crippen molar-refractivity contribution in [1.82, 2.24) is 20.0 Å². The second-order valence-electron chi connectivity index (χ2n) is 11.5. The number of carbonyl (C=O) groups excluding carboxylic acids is 2. The quantitative estimate of drug-likeness (QED) is 0.339. The van der Waals surface area contributed by atoms with Gasteiger partial charge in [-0.1, -0.05) is 12.1 Å². The number of amides is 2. The number of carbonyl (C=O) groups is 2. The van der Waals surface area contributed by atoms with Crippen molar-refractivity contribution in [2.45, 2.75) is 50.6 Å². The number of anilines is 2. The molecule has 3 aromatic rings. The third kappa shape index (κ3) is 6.88. The minimum Gasteiger partial charge on any atom is -0.415 e. The number of aliphatic hydroxyl groups is 1. The molecule has 2 fully saturated rings. The number of benzene rings is 2. The molecular weight excluding hydrogens is 577 g/mol. The summed E-state index contributed by atoms with van der Waals surface area (Å²) in [5.74, 6) is -1.76. The van der Waals surface area contributed by atoms with Crippen LogP contribution >= 0.6 is 0 Å². The molecule has 13 heteroatoms. The Hall–Kier alpha value is -3.97. The van der Waals surface area contributed by atoms with Crippen LogP contribution in [0.2, 0.25) is 0 Å². The number of halogens is 3. The lowest BCUT2D eigenvalue weighted by Gasteiger charge is -2.39. The molecule has 2 amide bonds. The predicted octanol–water partition coefficient (Wildman–Crippen LogP) is 4.21. The molecule has 0 spiro atoms. The highest BCUT2D eigenvalue weighted by Crippen LogP contribution is 2.38. The Bertz CT molecular complexity index is 1450. The lowest BCUT2D eigenvalue weighted by Crippen LogP contribution is -2.42. The highest BCUT2D eigenvalue weighted by atomic mass is 19.3. The molecule has 5 rings (SSSR count). The Morgan fingerprint density at radius 3 is 2.41 bits per heavy atom. The van der Waals surface area contributed by atoms with E-state index in [2.05, 4.69) is 33.1 Å². The molecule has 236 valence electrons. The van der Waals surface area contributed by atoms with E-state index < -0.39 is 24.7 Å². The van der Waals surface area contributed by atoms with Gasteiger partial charge in [-0.05, 0) is 81.6 Å². The van der Waals surface area contributed by atoms with Crippen LogP contribution in [0.4, 0.5) is 24.5 Å². The molecule has 0 aliphatic carbocycles. The molecule has 2 saturated heterocycles. The van der Waals surface area contributed by atoms with Gasteiger partial charge in [0.05, 0.1) is 17.9 Å².